The summed E-state index contributed by atoms with van der Waals surface area (Å²) >= 11 is 4.09. The van der Waals surface area contributed by atoms with Crippen molar-refractivity contribution in [3.63, 3.8) is 0 Å². The molecule has 0 amide bonds. The fourth-order valence-corrected chi connectivity index (χ4v) is 10.4. The van der Waals surface area contributed by atoms with Crippen LogP contribution < -0.4 is 31.9 Å². The summed E-state index contributed by atoms with van der Waals surface area (Å²) in [5.41, 5.74) is -2.40. The van der Waals surface area contributed by atoms with Gasteiger partial charge in [0.2, 0.25) is 35.7 Å². The fraction of sp³-hybridized carbons (Fsp3) is 0.111. The molecule has 13 N–H and O–H groups in total. The lowest BCUT2D eigenvalue weighted by atomic mass is 10.1. The van der Waals surface area contributed by atoms with Crippen LogP contribution in [0.5, 0.6) is 0 Å². The normalized spacial score (nSPS) is 12.8. The average Bonchev–Trinajstić information content (AvgIpc) is 3.28. The molecule has 0 fully saturated rings. The zero-order valence-electron chi connectivity index (χ0n) is 37.7. The topological polar surface area (TPSA) is 530 Å². The summed E-state index contributed by atoms with van der Waals surface area (Å²) in [5, 5.41) is 15.1. The van der Waals surface area contributed by atoms with E-state index in [1.165, 1.54) is 6.07 Å². The second-order valence-electron chi connectivity index (χ2n) is 15.0. The van der Waals surface area contributed by atoms with Crippen molar-refractivity contribution in [1.82, 2.24) is 29.9 Å². The monoisotopic (exact) mass is 1230 g/mol. The SMILES string of the molecule is O=S(=O)(O)CCNc1nc(Nc2ccc(/C=C/c3ccc(Nc4nc(NCCS)nc(Nc5cc(S(=O)(=O)O)ccc5S(=O)(=O)O)n4)cc3S(=O)(=O)O)c(S(=O)(=O)O)c2)nc(Nc2cc(S(=O)(=O)O)ccc2S(=O)(=O)O)n1. The molecule has 77 heavy (non-hydrogen) atoms. The van der Waals surface area contributed by atoms with Gasteiger partial charge in [-0.15, -0.1) is 0 Å². The summed E-state index contributed by atoms with van der Waals surface area (Å²) in [6.07, 6.45) is 2.01. The van der Waals surface area contributed by atoms with Crippen molar-refractivity contribution in [2.45, 2.75) is 29.4 Å². The molecular weight excluding hydrogens is 1190 g/mol. The van der Waals surface area contributed by atoms with Gasteiger partial charge >= 0.3 is 0 Å². The van der Waals surface area contributed by atoms with Crippen LogP contribution in [0.1, 0.15) is 11.1 Å². The quantitative estimate of drug-likeness (QED) is 0.0249. The van der Waals surface area contributed by atoms with Crippen LogP contribution in [0.25, 0.3) is 12.2 Å². The van der Waals surface area contributed by atoms with Crippen molar-refractivity contribution in [1.29, 1.82) is 0 Å². The maximum atomic E-state index is 12.7. The van der Waals surface area contributed by atoms with Crippen LogP contribution in [0, 0.1) is 0 Å². The Morgan fingerprint density at radius 3 is 1.05 bits per heavy atom. The molecule has 41 heteroatoms. The van der Waals surface area contributed by atoms with E-state index in [0.29, 0.717) is 36.4 Å². The maximum absolute atomic E-state index is 12.7. The molecule has 2 aromatic heterocycles. The van der Waals surface area contributed by atoms with E-state index in [2.05, 4.69) is 74.4 Å². The Hall–Kier alpha value is -6.84. The highest BCUT2D eigenvalue weighted by molar-refractivity contribution is 7.87. The summed E-state index contributed by atoms with van der Waals surface area (Å²) in [4.78, 5) is 18.9. The van der Waals surface area contributed by atoms with E-state index < -0.39 is 154 Å². The van der Waals surface area contributed by atoms with Crippen LogP contribution in [-0.2, 0) is 70.8 Å². The molecule has 0 unspecified atom stereocenters. The Kier molecular flexibility index (Phi) is 17.5. The van der Waals surface area contributed by atoms with Gasteiger partial charge in [0.05, 0.1) is 26.9 Å². The molecule has 6 aromatic rings. The molecule has 0 bridgehead atoms. The summed E-state index contributed by atoms with van der Waals surface area (Å²) in [6, 6.07) is 10.0. The predicted octanol–water partition coefficient (Wildman–Crippen LogP) is 2.32. The number of rotatable bonds is 23. The maximum Gasteiger partial charge on any atom is 0.296 e. The van der Waals surface area contributed by atoms with Crippen LogP contribution in [0.4, 0.5) is 58.4 Å². The van der Waals surface area contributed by atoms with Gasteiger partial charge in [0.1, 0.15) is 19.6 Å². The summed E-state index contributed by atoms with van der Waals surface area (Å²) in [7, 11) is -35.0. The number of hydrogen-bond acceptors (Lipinski definition) is 27. The van der Waals surface area contributed by atoms with E-state index >= 15 is 0 Å². The zero-order valence-corrected chi connectivity index (χ0v) is 44.4. The van der Waals surface area contributed by atoms with Crippen molar-refractivity contribution in [2.75, 3.05) is 56.5 Å². The third-order valence-corrected chi connectivity index (χ3v) is 15.7. The average molecular weight is 1230 g/mol. The van der Waals surface area contributed by atoms with E-state index in [-0.39, 0.29) is 40.7 Å². The van der Waals surface area contributed by atoms with Crippen LogP contribution in [-0.4, -0.2) is 145 Å². The largest absolute Gasteiger partial charge is 0.353 e. The van der Waals surface area contributed by atoms with Gasteiger partial charge in [0.25, 0.3) is 70.8 Å². The first kappa shape index (κ1) is 59.4. The molecule has 0 aliphatic carbocycles. The van der Waals surface area contributed by atoms with Gasteiger partial charge in [0, 0.05) is 30.2 Å². The minimum Gasteiger partial charge on any atom is -0.353 e. The van der Waals surface area contributed by atoms with E-state index in [1.807, 2.05) is 0 Å². The van der Waals surface area contributed by atoms with Crippen LogP contribution in [0.3, 0.4) is 0 Å². The molecule has 0 aliphatic rings. The molecule has 4 aromatic carbocycles. The van der Waals surface area contributed by atoms with Crippen molar-refractivity contribution < 1.29 is 90.8 Å². The number of anilines is 10. The Bertz CT molecular complexity index is 4180. The molecular formula is C36H36N12O21S8. The van der Waals surface area contributed by atoms with Gasteiger partial charge in [-0.2, -0.15) is 101 Å². The molecule has 2 heterocycles. The highest BCUT2D eigenvalue weighted by atomic mass is 32.2. The third-order valence-electron chi connectivity index (χ3n) is 9.39. The molecule has 414 valence electrons. The number of benzene rings is 4. The standard InChI is InChI=1S/C36H36N12O21S8/c49-71(50,51)14-12-38-32-44-34(48-36(46-32)42-26-18-24(73(55,56)57)8-10-28(26)75(61,62)63)40-22-6-4-20(30(16-22)77(67,68)69)2-1-19-3-5-21(15-29(19)76(64,65)66)39-33-43-31(37-11-13-70)45-35(47-33)41-25-17-23(72(52,53)54)7-9-27(25)74(58,59)60/h1-10,15-18,70H,11-14H2,(H,49,50,51)(H,52,53,54)(H,55,56,57)(H,58,59,60)(H,61,62,63)(H,64,65,66)(H,67,68,69)(H3,37,39,41,43,45,47)(H3,38,40,42,44,46,48)/b2-1+. The Labute approximate surface area is 441 Å². The van der Waals surface area contributed by atoms with E-state index in [4.69, 9.17) is 0 Å². The van der Waals surface area contributed by atoms with E-state index in [9.17, 15) is 90.8 Å². The Balaban J connectivity index is 1.34. The smallest absolute Gasteiger partial charge is 0.296 e. The molecule has 6 rings (SSSR count). The number of hydrogen-bond donors (Lipinski definition) is 14. The Morgan fingerprint density at radius 1 is 0.390 bits per heavy atom. The van der Waals surface area contributed by atoms with E-state index in [0.717, 1.165) is 42.5 Å². The van der Waals surface area contributed by atoms with Crippen molar-refractivity contribution in [2.24, 2.45) is 0 Å². The molecule has 0 spiro atoms. The molecule has 0 aliphatic heterocycles. The highest BCUT2D eigenvalue weighted by Crippen LogP contribution is 2.32. The molecule has 0 saturated heterocycles. The molecule has 33 nitrogen and oxygen atoms in total. The lowest BCUT2D eigenvalue weighted by Crippen LogP contribution is -2.17. The van der Waals surface area contributed by atoms with Gasteiger partial charge in [-0.1, -0.05) is 24.3 Å². The van der Waals surface area contributed by atoms with Gasteiger partial charge in [-0.05, 0) is 71.8 Å². The van der Waals surface area contributed by atoms with Gasteiger partial charge in [-0.3, -0.25) is 31.9 Å². The summed E-state index contributed by atoms with van der Waals surface area (Å²) in [5.74, 6) is -3.62. The summed E-state index contributed by atoms with van der Waals surface area (Å²) in [6.45, 7) is -0.443. The summed E-state index contributed by atoms with van der Waals surface area (Å²) < 4.78 is 238. The number of nitrogens with one attached hydrogen (secondary N) is 6. The number of thiol groups is 1. The number of aromatic nitrogens is 6. The van der Waals surface area contributed by atoms with Crippen molar-refractivity contribution >= 4 is 154 Å². The van der Waals surface area contributed by atoms with Gasteiger partial charge < -0.3 is 31.9 Å². The predicted molar refractivity (Wildman–Crippen MR) is 274 cm³/mol. The third kappa shape index (κ3) is 16.6. The fourth-order valence-electron chi connectivity index (χ4n) is 6.20. The van der Waals surface area contributed by atoms with Crippen molar-refractivity contribution in [3.8, 4) is 0 Å². The molecule has 0 saturated carbocycles. The first-order chi connectivity index (χ1) is 35.5. The lowest BCUT2D eigenvalue weighted by molar-refractivity contribution is 0.479. The van der Waals surface area contributed by atoms with Gasteiger partial charge in [0.15, 0.2) is 0 Å². The second-order valence-corrected chi connectivity index (χ2v) is 25.4. The van der Waals surface area contributed by atoms with Crippen molar-refractivity contribution in [3.05, 3.63) is 83.9 Å². The van der Waals surface area contributed by atoms with E-state index in [1.54, 1.807) is 0 Å². The van der Waals surface area contributed by atoms with Crippen LogP contribution in [0.2, 0.25) is 0 Å². The lowest BCUT2D eigenvalue weighted by Gasteiger charge is -2.14. The molecule has 0 radical (unpaired) electrons. The first-order valence-electron chi connectivity index (χ1n) is 20.2. The minimum atomic E-state index is -5.19. The second kappa shape index (κ2) is 22.6. The Morgan fingerprint density at radius 2 is 0.727 bits per heavy atom. The molecule has 0 atom stereocenters. The highest BCUT2D eigenvalue weighted by Gasteiger charge is 2.25. The minimum absolute atomic E-state index is 0.125. The number of nitrogens with zero attached hydrogens (tertiary/aromatic N) is 6. The van der Waals surface area contributed by atoms with Crippen LogP contribution in [0.15, 0.2) is 102 Å². The zero-order chi connectivity index (χ0) is 57.1. The first-order valence-corrected chi connectivity index (χ1v) is 31.1. The van der Waals surface area contributed by atoms with Gasteiger partial charge in [-0.25, -0.2) is 0 Å². The van der Waals surface area contributed by atoms with Crippen LogP contribution >= 0.6 is 12.6 Å².